The molecule has 0 radical (unpaired) electrons. The molecule has 1 aromatic carbocycles. The molecule has 0 fully saturated rings. The monoisotopic (exact) mass is 275 g/mol. The first-order valence-electron chi connectivity index (χ1n) is 5.36. The Morgan fingerprint density at radius 3 is 2.95 bits per heavy atom. The smallest absolute Gasteiger partial charge is 0.449 e. The predicted octanol–water partition coefficient (Wildman–Crippen LogP) is 2.93. The Morgan fingerprint density at radius 2 is 2.26 bits per heavy atom. The van der Waals surface area contributed by atoms with E-state index >= 15 is 0 Å². The molecule has 0 atom stereocenters. The van der Waals surface area contributed by atoms with Gasteiger partial charge in [-0.2, -0.15) is 0 Å². The van der Waals surface area contributed by atoms with Gasteiger partial charge in [-0.15, -0.1) is 11.3 Å². The van der Waals surface area contributed by atoms with E-state index in [4.69, 9.17) is 15.6 Å². The van der Waals surface area contributed by atoms with Crippen LogP contribution in [0.25, 0.3) is 22.4 Å². The summed E-state index contributed by atoms with van der Waals surface area (Å²) < 4.78 is 4.69. The summed E-state index contributed by atoms with van der Waals surface area (Å²) in [5.41, 5.74) is 8.42. The molecule has 0 amide bonds. The summed E-state index contributed by atoms with van der Waals surface area (Å²) in [5, 5.41) is 12.4. The number of anilines is 1. The molecule has 0 unspecified atom stereocenters. The molecule has 0 saturated heterocycles. The van der Waals surface area contributed by atoms with Gasteiger partial charge in [0.2, 0.25) is 0 Å². The first-order valence-corrected chi connectivity index (χ1v) is 6.31. The van der Waals surface area contributed by atoms with Crippen LogP contribution in [0.15, 0.2) is 29.0 Å². The van der Waals surface area contributed by atoms with Gasteiger partial charge >= 0.3 is 6.16 Å². The SMILES string of the molecule is Nc1cscc1-c1nc2c(OC(=O)O)cccc2[nH]1. The van der Waals surface area contributed by atoms with Crippen LogP contribution in [0.3, 0.4) is 0 Å². The van der Waals surface area contributed by atoms with Crippen molar-refractivity contribution < 1.29 is 14.6 Å². The zero-order chi connectivity index (χ0) is 13.4. The second-order valence-electron chi connectivity index (χ2n) is 3.85. The average molecular weight is 275 g/mol. The van der Waals surface area contributed by atoms with Crippen molar-refractivity contribution in [1.29, 1.82) is 0 Å². The van der Waals surface area contributed by atoms with Gasteiger partial charge < -0.3 is 20.6 Å². The molecule has 2 heterocycles. The summed E-state index contributed by atoms with van der Waals surface area (Å²) in [7, 11) is 0. The molecular formula is C12H9N3O3S. The van der Waals surface area contributed by atoms with E-state index in [2.05, 4.69) is 9.97 Å². The van der Waals surface area contributed by atoms with E-state index in [-0.39, 0.29) is 5.75 Å². The number of nitrogen functional groups attached to an aromatic ring is 1. The Labute approximate surface area is 111 Å². The number of carboxylic acid groups (broad SMARTS) is 1. The molecule has 4 N–H and O–H groups in total. The number of imidazole rings is 1. The predicted molar refractivity (Wildman–Crippen MR) is 72.5 cm³/mol. The lowest BCUT2D eigenvalue weighted by Gasteiger charge is -1.98. The van der Waals surface area contributed by atoms with Crippen molar-refractivity contribution in [3.63, 3.8) is 0 Å². The molecule has 3 aromatic rings. The molecule has 19 heavy (non-hydrogen) atoms. The number of ether oxygens (including phenoxy) is 1. The molecule has 0 spiro atoms. The number of aromatic nitrogens is 2. The third-order valence-corrected chi connectivity index (χ3v) is 3.38. The van der Waals surface area contributed by atoms with Crippen LogP contribution in [0.5, 0.6) is 5.75 Å². The Balaban J connectivity index is 2.15. The van der Waals surface area contributed by atoms with Gasteiger partial charge in [0.15, 0.2) is 5.75 Å². The lowest BCUT2D eigenvalue weighted by molar-refractivity contribution is 0.145. The lowest BCUT2D eigenvalue weighted by atomic mass is 10.3. The number of nitrogens with one attached hydrogen (secondary N) is 1. The maximum atomic E-state index is 10.6. The number of rotatable bonds is 2. The number of thiophene rings is 1. The van der Waals surface area contributed by atoms with E-state index in [9.17, 15) is 4.79 Å². The van der Waals surface area contributed by atoms with Crippen molar-refractivity contribution in [1.82, 2.24) is 9.97 Å². The standard InChI is InChI=1S/C12H9N3O3S/c13-7-5-19-4-6(7)11-14-8-2-1-3-9(10(8)15-11)18-12(16)17/h1-5H,13H2,(H,14,15)(H,16,17). The van der Waals surface area contributed by atoms with Crippen molar-refractivity contribution >= 4 is 34.2 Å². The average Bonchev–Trinajstić information content (AvgIpc) is 2.94. The molecule has 0 saturated carbocycles. The first kappa shape index (κ1) is 11.5. The van der Waals surface area contributed by atoms with Gasteiger partial charge in [0.25, 0.3) is 0 Å². The van der Waals surface area contributed by atoms with Gasteiger partial charge in [-0.3, -0.25) is 0 Å². The maximum Gasteiger partial charge on any atom is 0.511 e. The minimum Gasteiger partial charge on any atom is -0.449 e. The third-order valence-electron chi connectivity index (χ3n) is 2.62. The van der Waals surface area contributed by atoms with Crippen LogP contribution < -0.4 is 10.5 Å². The molecular weight excluding hydrogens is 266 g/mol. The topological polar surface area (TPSA) is 101 Å². The van der Waals surface area contributed by atoms with Gasteiger partial charge in [0, 0.05) is 10.8 Å². The quantitative estimate of drug-likeness (QED) is 0.493. The summed E-state index contributed by atoms with van der Waals surface area (Å²) in [6.07, 6.45) is -1.37. The fourth-order valence-corrected chi connectivity index (χ4v) is 2.53. The van der Waals surface area contributed by atoms with Crippen molar-refractivity contribution in [2.45, 2.75) is 0 Å². The van der Waals surface area contributed by atoms with E-state index < -0.39 is 6.16 Å². The summed E-state index contributed by atoms with van der Waals surface area (Å²) in [5.74, 6) is 0.788. The van der Waals surface area contributed by atoms with E-state index in [1.165, 1.54) is 11.3 Å². The third kappa shape index (κ3) is 2.00. The fraction of sp³-hybridized carbons (Fsp3) is 0. The summed E-state index contributed by atoms with van der Waals surface area (Å²) in [6.45, 7) is 0. The Hall–Kier alpha value is -2.54. The highest BCUT2D eigenvalue weighted by Gasteiger charge is 2.13. The number of hydrogen-bond acceptors (Lipinski definition) is 5. The largest absolute Gasteiger partial charge is 0.511 e. The maximum absolute atomic E-state index is 10.6. The van der Waals surface area contributed by atoms with Gasteiger partial charge in [-0.05, 0) is 12.1 Å². The summed E-state index contributed by atoms with van der Waals surface area (Å²) >= 11 is 1.48. The van der Waals surface area contributed by atoms with Gasteiger partial charge in [0.1, 0.15) is 11.3 Å². The van der Waals surface area contributed by atoms with Crippen LogP contribution in [0.4, 0.5) is 10.5 Å². The van der Waals surface area contributed by atoms with Crippen molar-refractivity contribution in [2.24, 2.45) is 0 Å². The normalized spacial score (nSPS) is 10.7. The second-order valence-corrected chi connectivity index (χ2v) is 4.59. The van der Waals surface area contributed by atoms with Crippen molar-refractivity contribution in [2.75, 3.05) is 5.73 Å². The minimum absolute atomic E-state index is 0.196. The van der Waals surface area contributed by atoms with Gasteiger partial charge in [-0.1, -0.05) is 6.07 Å². The zero-order valence-electron chi connectivity index (χ0n) is 9.58. The molecule has 96 valence electrons. The van der Waals surface area contributed by atoms with Gasteiger partial charge in [0.05, 0.1) is 16.8 Å². The Bertz CT molecular complexity index is 763. The number of para-hydroxylation sites is 1. The molecule has 0 bridgehead atoms. The van der Waals surface area contributed by atoms with E-state index in [1.54, 1.807) is 18.2 Å². The van der Waals surface area contributed by atoms with E-state index in [0.717, 1.165) is 5.56 Å². The minimum atomic E-state index is -1.37. The number of nitrogens with two attached hydrogens (primary N) is 1. The van der Waals surface area contributed by atoms with E-state index in [0.29, 0.717) is 22.5 Å². The van der Waals surface area contributed by atoms with Gasteiger partial charge in [-0.25, -0.2) is 9.78 Å². The van der Waals surface area contributed by atoms with Crippen LogP contribution in [0, 0.1) is 0 Å². The number of benzene rings is 1. The zero-order valence-corrected chi connectivity index (χ0v) is 10.4. The van der Waals surface area contributed by atoms with Crippen LogP contribution in [0.2, 0.25) is 0 Å². The number of H-pyrrole nitrogens is 1. The lowest BCUT2D eigenvalue weighted by Crippen LogP contribution is -2.03. The number of carbonyl (C=O) groups is 1. The summed E-state index contributed by atoms with van der Waals surface area (Å²) in [6, 6.07) is 5.04. The Kier molecular flexibility index (Phi) is 2.60. The van der Waals surface area contributed by atoms with Crippen LogP contribution in [-0.2, 0) is 0 Å². The molecule has 0 aliphatic carbocycles. The number of fused-ring (bicyclic) bond motifs is 1. The molecule has 2 aromatic heterocycles. The number of nitrogens with zero attached hydrogens (tertiary/aromatic N) is 1. The fourth-order valence-electron chi connectivity index (χ4n) is 1.81. The molecule has 0 aliphatic rings. The first-order chi connectivity index (χ1) is 9.15. The van der Waals surface area contributed by atoms with Crippen molar-refractivity contribution in [3.8, 4) is 17.1 Å². The number of aromatic amines is 1. The highest BCUT2D eigenvalue weighted by molar-refractivity contribution is 7.08. The number of hydrogen-bond donors (Lipinski definition) is 3. The highest BCUT2D eigenvalue weighted by atomic mass is 32.1. The van der Waals surface area contributed by atoms with Crippen LogP contribution in [-0.4, -0.2) is 21.2 Å². The second kappa shape index (κ2) is 4.29. The van der Waals surface area contributed by atoms with E-state index in [1.807, 2.05) is 10.8 Å². The summed E-state index contributed by atoms with van der Waals surface area (Å²) in [4.78, 5) is 18.1. The highest BCUT2D eigenvalue weighted by Crippen LogP contribution is 2.31. The van der Waals surface area contributed by atoms with Crippen molar-refractivity contribution in [3.05, 3.63) is 29.0 Å². The Morgan fingerprint density at radius 1 is 1.42 bits per heavy atom. The molecule has 0 aliphatic heterocycles. The molecule has 7 heteroatoms. The molecule has 3 rings (SSSR count). The molecule has 6 nitrogen and oxygen atoms in total. The van der Waals surface area contributed by atoms with Crippen LogP contribution >= 0.6 is 11.3 Å². The van der Waals surface area contributed by atoms with Crippen LogP contribution in [0.1, 0.15) is 0 Å².